The molecule has 4 N–H and O–H groups in total. The van der Waals surface area contributed by atoms with E-state index in [1.807, 2.05) is 0 Å². The number of nitrogens with one attached hydrogen (secondary N) is 2. The van der Waals surface area contributed by atoms with Crippen LogP contribution in [-0.4, -0.2) is 23.4 Å². The minimum absolute atomic E-state index is 0.148. The molecular formula is C12H11FN4O3. The third-order valence-electron chi connectivity index (χ3n) is 2.66. The van der Waals surface area contributed by atoms with Crippen LogP contribution in [0.5, 0.6) is 0 Å². The van der Waals surface area contributed by atoms with Crippen molar-refractivity contribution in [2.75, 3.05) is 5.32 Å². The maximum atomic E-state index is 13.3. The average Bonchev–Trinajstić information content (AvgIpc) is 2.41. The fourth-order valence-corrected chi connectivity index (χ4v) is 1.63. The molecule has 0 spiro atoms. The summed E-state index contributed by atoms with van der Waals surface area (Å²) in [6.07, 6.45) is 0.379. The van der Waals surface area contributed by atoms with Gasteiger partial charge in [-0.25, -0.2) is 9.82 Å². The van der Waals surface area contributed by atoms with Crippen molar-refractivity contribution >= 4 is 29.1 Å². The molecule has 0 unspecified atom stereocenters. The van der Waals surface area contributed by atoms with Crippen molar-refractivity contribution in [2.24, 2.45) is 10.8 Å². The number of hydrogen-bond acceptors (Lipinski definition) is 4. The van der Waals surface area contributed by atoms with E-state index in [0.717, 1.165) is 12.1 Å². The molecule has 0 saturated heterocycles. The van der Waals surface area contributed by atoms with Gasteiger partial charge >= 0.3 is 0 Å². The van der Waals surface area contributed by atoms with Crippen molar-refractivity contribution in [1.82, 2.24) is 5.43 Å². The summed E-state index contributed by atoms with van der Waals surface area (Å²) >= 11 is 0. The molecule has 0 bridgehead atoms. The van der Waals surface area contributed by atoms with Gasteiger partial charge in [0.1, 0.15) is 11.5 Å². The molecule has 0 atom stereocenters. The van der Waals surface area contributed by atoms with Crippen LogP contribution in [0.2, 0.25) is 0 Å². The molecule has 1 heterocycles. The van der Waals surface area contributed by atoms with Gasteiger partial charge in [-0.15, -0.1) is 0 Å². The lowest BCUT2D eigenvalue weighted by Crippen LogP contribution is -2.32. The molecule has 0 aliphatic carbocycles. The molecule has 0 radical (unpaired) electrons. The molecule has 7 nitrogen and oxygen atoms in total. The van der Waals surface area contributed by atoms with Crippen molar-refractivity contribution in [1.29, 1.82) is 0 Å². The SMILES string of the molecule is NC(=O)c1cc(NC(=O)C2=NNC(=O)CC2)ccc1F. The molecule has 104 valence electrons. The van der Waals surface area contributed by atoms with Gasteiger partial charge in [0.15, 0.2) is 0 Å². The Balaban J connectivity index is 2.14. The Morgan fingerprint density at radius 3 is 2.70 bits per heavy atom. The van der Waals surface area contributed by atoms with E-state index in [4.69, 9.17) is 5.73 Å². The first-order valence-corrected chi connectivity index (χ1v) is 5.73. The molecule has 1 aliphatic rings. The number of halogens is 1. The van der Waals surface area contributed by atoms with Crippen LogP contribution >= 0.6 is 0 Å². The van der Waals surface area contributed by atoms with Crippen molar-refractivity contribution in [2.45, 2.75) is 12.8 Å². The van der Waals surface area contributed by atoms with Gasteiger partial charge in [-0.1, -0.05) is 0 Å². The number of carbonyl (C=O) groups is 3. The standard InChI is InChI=1S/C12H11FN4O3/c13-8-2-1-6(5-7(8)11(14)19)15-12(20)9-3-4-10(18)17-16-9/h1-2,5H,3-4H2,(H2,14,19)(H,15,20)(H,17,18). The van der Waals surface area contributed by atoms with Crippen molar-refractivity contribution < 1.29 is 18.8 Å². The number of benzene rings is 1. The summed E-state index contributed by atoms with van der Waals surface area (Å²) in [5.41, 5.74) is 7.24. The zero-order valence-electron chi connectivity index (χ0n) is 10.3. The Kier molecular flexibility index (Phi) is 3.74. The fourth-order valence-electron chi connectivity index (χ4n) is 1.63. The summed E-state index contributed by atoms with van der Waals surface area (Å²) in [5, 5.41) is 6.07. The third-order valence-corrected chi connectivity index (χ3v) is 2.66. The van der Waals surface area contributed by atoms with Crippen molar-refractivity contribution in [3.63, 3.8) is 0 Å². The van der Waals surface area contributed by atoms with Gasteiger partial charge in [0.05, 0.1) is 5.56 Å². The first-order chi connectivity index (χ1) is 9.47. The molecule has 0 saturated carbocycles. The molecule has 1 aliphatic heterocycles. The van der Waals surface area contributed by atoms with Crippen LogP contribution in [0, 0.1) is 5.82 Å². The highest BCUT2D eigenvalue weighted by Gasteiger charge is 2.19. The van der Waals surface area contributed by atoms with Crippen LogP contribution in [0.4, 0.5) is 10.1 Å². The van der Waals surface area contributed by atoms with E-state index in [1.165, 1.54) is 6.07 Å². The van der Waals surface area contributed by atoms with Crippen LogP contribution in [-0.2, 0) is 9.59 Å². The van der Waals surface area contributed by atoms with Gasteiger partial charge < -0.3 is 11.1 Å². The number of primary amides is 1. The van der Waals surface area contributed by atoms with Crippen molar-refractivity contribution in [3.05, 3.63) is 29.6 Å². The van der Waals surface area contributed by atoms with Gasteiger partial charge in [-0.05, 0) is 18.2 Å². The lowest BCUT2D eigenvalue weighted by atomic mass is 10.1. The van der Waals surface area contributed by atoms with E-state index in [1.54, 1.807) is 0 Å². The Hall–Kier alpha value is -2.77. The van der Waals surface area contributed by atoms with Crippen LogP contribution in [0.1, 0.15) is 23.2 Å². The Bertz CT molecular complexity index is 627. The highest BCUT2D eigenvalue weighted by Crippen LogP contribution is 2.15. The molecule has 8 heteroatoms. The van der Waals surface area contributed by atoms with Gasteiger partial charge in [-0.3, -0.25) is 14.4 Å². The number of rotatable bonds is 3. The highest BCUT2D eigenvalue weighted by molar-refractivity contribution is 6.43. The number of anilines is 1. The van der Waals surface area contributed by atoms with Crippen LogP contribution in [0.15, 0.2) is 23.3 Å². The zero-order valence-corrected chi connectivity index (χ0v) is 10.3. The zero-order chi connectivity index (χ0) is 14.7. The lowest BCUT2D eigenvalue weighted by molar-refractivity contribution is -0.121. The second-order valence-corrected chi connectivity index (χ2v) is 4.11. The summed E-state index contributed by atoms with van der Waals surface area (Å²) < 4.78 is 13.3. The summed E-state index contributed by atoms with van der Waals surface area (Å²) in [4.78, 5) is 33.7. The van der Waals surface area contributed by atoms with Crippen LogP contribution < -0.4 is 16.5 Å². The quantitative estimate of drug-likeness (QED) is 0.730. The van der Waals surface area contributed by atoms with E-state index in [9.17, 15) is 18.8 Å². The molecule has 1 aromatic carbocycles. The predicted molar refractivity (Wildman–Crippen MR) is 68.4 cm³/mol. The first kappa shape index (κ1) is 13.7. The van der Waals surface area contributed by atoms with Crippen LogP contribution in [0.25, 0.3) is 0 Å². The monoisotopic (exact) mass is 278 g/mol. The fraction of sp³-hybridized carbons (Fsp3) is 0.167. The van der Waals surface area contributed by atoms with Gasteiger partial charge in [0.2, 0.25) is 5.91 Å². The number of hydrogen-bond donors (Lipinski definition) is 3. The Morgan fingerprint density at radius 2 is 2.10 bits per heavy atom. The highest BCUT2D eigenvalue weighted by atomic mass is 19.1. The van der Waals surface area contributed by atoms with Gasteiger partial charge in [0, 0.05) is 18.5 Å². The molecule has 2 rings (SSSR count). The maximum Gasteiger partial charge on any atom is 0.271 e. The Morgan fingerprint density at radius 1 is 1.35 bits per heavy atom. The normalized spacial score (nSPS) is 14.2. The second-order valence-electron chi connectivity index (χ2n) is 4.11. The number of carbonyl (C=O) groups excluding carboxylic acids is 3. The van der Waals surface area contributed by atoms with E-state index < -0.39 is 17.6 Å². The number of hydrazone groups is 1. The van der Waals surface area contributed by atoms with Crippen molar-refractivity contribution in [3.8, 4) is 0 Å². The number of amides is 3. The molecule has 0 fully saturated rings. The molecule has 3 amide bonds. The van der Waals surface area contributed by atoms with Gasteiger partial charge in [0.25, 0.3) is 11.8 Å². The Labute approximate surface area is 113 Å². The number of nitrogens with zero attached hydrogens (tertiary/aromatic N) is 1. The van der Waals surface area contributed by atoms with E-state index in [2.05, 4.69) is 15.8 Å². The van der Waals surface area contributed by atoms with E-state index >= 15 is 0 Å². The van der Waals surface area contributed by atoms with Gasteiger partial charge in [-0.2, -0.15) is 5.10 Å². The topological polar surface area (TPSA) is 114 Å². The largest absolute Gasteiger partial charge is 0.366 e. The summed E-state index contributed by atoms with van der Waals surface area (Å²) in [7, 11) is 0. The summed E-state index contributed by atoms with van der Waals surface area (Å²) in [6.45, 7) is 0. The second kappa shape index (κ2) is 5.47. The summed E-state index contributed by atoms with van der Waals surface area (Å²) in [5.74, 6) is -2.50. The third kappa shape index (κ3) is 2.97. The summed E-state index contributed by atoms with van der Waals surface area (Å²) in [6, 6.07) is 3.46. The number of nitrogens with two attached hydrogens (primary N) is 1. The average molecular weight is 278 g/mol. The molecule has 1 aromatic rings. The molecule has 0 aromatic heterocycles. The van der Waals surface area contributed by atoms with Crippen LogP contribution in [0.3, 0.4) is 0 Å². The van der Waals surface area contributed by atoms with E-state index in [0.29, 0.717) is 0 Å². The predicted octanol–water partition coefficient (Wildman–Crippen LogP) is 0.129. The molecule has 20 heavy (non-hydrogen) atoms. The molecular weight excluding hydrogens is 267 g/mol. The maximum absolute atomic E-state index is 13.3. The minimum Gasteiger partial charge on any atom is -0.366 e. The lowest BCUT2D eigenvalue weighted by Gasteiger charge is -2.12. The first-order valence-electron chi connectivity index (χ1n) is 5.73. The minimum atomic E-state index is -0.930. The smallest absolute Gasteiger partial charge is 0.271 e. The van der Waals surface area contributed by atoms with E-state index in [-0.39, 0.29) is 35.7 Å².